The SMILES string of the molecule is CCN(CCOC)C(CN)c1cncn1CC. The number of ether oxygens (including phenoxy) is 1. The Morgan fingerprint density at radius 1 is 1.53 bits per heavy atom. The molecular formula is C12H24N4O. The van der Waals surface area contributed by atoms with Crippen LogP contribution in [0.25, 0.3) is 0 Å². The second-order valence-electron chi connectivity index (χ2n) is 3.98. The predicted molar refractivity (Wildman–Crippen MR) is 68.8 cm³/mol. The Morgan fingerprint density at radius 3 is 2.82 bits per heavy atom. The van der Waals surface area contributed by atoms with E-state index in [1.807, 2.05) is 12.5 Å². The van der Waals surface area contributed by atoms with Gasteiger partial charge in [-0.05, 0) is 13.5 Å². The third kappa shape index (κ3) is 3.52. The maximum absolute atomic E-state index is 5.91. The van der Waals surface area contributed by atoms with Crippen molar-refractivity contribution in [3.05, 3.63) is 18.2 Å². The summed E-state index contributed by atoms with van der Waals surface area (Å²) in [6, 6.07) is 0.220. The average Bonchev–Trinajstić information content (AvgIpc) is 2.82. The lowest BCUT2D eigenvalue weighted by Gasteiger charge is -2.30. The minimum absolute atomic E-state index is 0.220. The van der Waals surface area contributed by atoms with E-state index in [2.05, 4.69) is 28.3 Å². The summed E-state index contributed by atoms with van der Waals surface area (Å²) in [6.45, 7) is 8.36. The molecule has 0 amide bonds. The van der Waals surface area contributed by atoms with Crippen molar-refractivity contribution in [1.82, 2.24) is 14.5 Å². The largest absolute Gasteiger partial charge is 0.383 e. The number of nitrogens with two attached hydrogens (primary N) is 1. The zero-order chi connectivity index (χ0) is 12.7. The average molecular weight is 240 g/mol. The van der Waals surface area contributed by atoms with Crippen LogP contribution in [0.15, 0.2) is 12.5 Å². The molecule has 5 nitrogen and oxygen atoms in total. The van der Waals surface area contributed by atoms with Crippen LogP contribution in [0.4, 0.5) is 0 Å². The molecule has 1 heterocycles. The highest BCUT2D eigenvalue weighted by molar-refractivity contribution is 5.06. The molecule has 2 N–H and O–H groups in total. The molecule has 5 heteroatoms. The lowest BCUT2D eigenvalue weighted by Crippen LogP contribution is -2.37. The highest BCUT2D eigenvalue weighted by Gasteiger charge is 2.20. The van der Waals surface area contributed by atoms with E-state index in [4.69, 9.17) is 10.5 Å². The van der Waals surface area contributed by atoms with Crippen molar-refractivity contribution in [2.75, 3.05) is 33.4 Å². The normalized spacial score (nSPS) is 13.2. The first-order valence-electron chi connectivity index (χ1n) is 6.21. The number of nitrogens with zero attached hydrogens (tertiary/aromatic N) is 3. The first-order chi connectivity index (χ1) is 8.28. The number of hydrogen-bond acceptors (Lipinski definition) is 4. The van der Waals surface area contributed by atoms with Gasteiger partial charge in [0.1, 0.15) is 0 Å². The van der Waals surface area contributed by atoms with Gasteiger partial charge in [0.2, 0.25) is 0 Å². The van der Waals surface area contributed by atoms with Gasteiger partial charge in [0.05, 0.1) is 24.7 Å². The zero-order valence-electron chi connectivity index (χ0n) is 11.1. The van der Waals surface area contributed by atoms with Crippen molar-refractivity contribution in [2.24, 2.45) is 5.73 Å². The topological polar surface area (TPSA) is 56.3 Å². The fraction of sp³-hybridized carbons (Fsp3) is 0.750. The number of rotatable bonds is 8. The van der Waals surface area contributed by atoms with Gasteiger partial charge in [0, 0.05) is 32.9 Å². The molecule has 0 fully saturated rings. The van der Waals surface area contributed by atoms with Gasteiger partial charge in [0.15, 0.2) is 0 Å². The minimum atomic E-state index is 0.220. The number of hydrogen-bond donors (Lipinski definition) is 1. The number of methoxy groups -OCH3 is 1. The summed E-state index contributed by atoms with van der Waals surface area (Å²) in [7, 11) is 1.72. The molecule has 17 heavy (non-hydrogen) atoms. The monoisotopic (exact) mass is 240 g/mol. The summed E-state index contributed by atoms with van der Waals surface area (Å²) in [5.74, 6) is 0. The predicted octanol–water partition coefficient (Wildman–Crippen LogP) is 0.871. The van der Waals surface area contributed by atoms with Crippen molar-refractivity contribution < 1.29 is 4.74 Å². The Bertz CT molecular complexity index is 313. The molecule has 1 aromatic rings. The molecule has 0 saturated heterocycles. The van der Waals surface area contributed by atoms with E-state index in [0.717, 1.165) is 26.2 Å². The smallest absolute Gasteiger partial charge is 0.0948 e. The maximum atomic E-state index is 5.91. The first kappa shape index (κ1) is 14.2. The van der Waals surface area contributed by atoms with Crippen LogP contribution in [0.3, 0.4) is 0 Å². The number of aromatic nitrogens is 2. The van der Waals surface area contributed by atoms with E-state index < -0.39 is 0 Å². The van der Waals surface area contributed by atoms with E-state index in [0.29, 0.717) is 6.54 Å². The Balaban J connectivity index is 2.81. The van der Waals surface area contributed by atoms with Crippen molar-refractivity contribution in [2.45, 2.75) is 26.4 Å². The van der Waals surface area contributed by atoms with Crippen LogP contribution < -0.4 is 5.73 Å². The van der Waals surface area contributed by atoms with Gasteiger partial charge in [-0.1, -0.05) is 6.92 Å². The molecule has 1 rings (SSSR count). The molecule has 1 unspecified atom stereocenters. The fourth-order valence-electron chi connectivity index (χ4n) is 2.07. The lowest BCUT2D eigenvalue weighted by molar-refractivity contribution is 0.123. The van der Waals surface area contributed by atoms with Crippen LogP contribution in [-0.2, 0) is 11.3 Å². The van der Waals surface area contributed by atoms with Gasteiger partial charge in [-0.15, -0.1) is 0 Å². The first-order valence-corrected chi connectivity index (χ1v) is 6.21. The van der Waals surface area contributed by atoms with Gasteiger partial charge in [-0.25, -0.2) is 4.98 Å². The maximum Gasteiger partial charge on any atom is 0.0948 e. The third-order valence-corrected chi connectivity index (χ3v) is 3.08. The van der Waals surface area contributed by atoms with Crippen molar-refractivity contribution in [3.8, 4) is 0 Å². The Labute approximate surface area is 104 Å². The molecule has 0 aromatic carbocycles. The minimum Gasteiger partial charge on any atom is -0.383 e. The van der Waals surface area contributed by atoms with E-state index in [1.54, 1.807) is 7.11 Å². The Morgan fingerprint density at radius 2 is 2.29 bits per heavy atom. The van der Waals surface area contributed by atoms with Gasteiger partial charge in [-0.3, -0.25) is 4.90 Å². The summed E-state index contributed by atoms with van der Waals surface area (Å²) >= 11 is 0. The summed E-state index contributed by atoms with van der Waals surface area (Å²) in [4.78, 5) is 6.53. The van der Waals surface area contributed by atoms with Gasteiger partial charge in [0.25, 0.3) is 0 Å². The molecule has 0 aliphatic carbocycles. The standard InChI is InChI=1S/C12H24N4O/c1-4-15(6-7-17-3)11(8-13)12-9-14-10-16(12)5-2/h9-11H,4-8,13H2,1-3H3. The lowest BCUT2D eigenvalue weighted by atomic mass is 10.1. The van der Waals surface area contributed by atoms with Crippen molar-refractivity contribution in [3.63, 3.8) is 0 Å². The van der Waals surface area contributed by atoms with E-state index in [-0.39, 0.29) is 6.04 Å². The highest BCUT2D eigenvalue weighted by Crippen LogP contribution is 2.18. The zero-order valence-corrected chi connectivity index (χ0v) is 11.1. The van der Waals surface area contributed by atoms with Gasteiger partial charge < -0.3 is 15.0 Å². The molecule has 0 spiro atoms. The number of likely N-dealkylation sites (N-methyl/N-ethyl adjacent to an activating group) is 1. The molecule has 1 aromatic heterocycles. The highest BCUT2D eigenvalue weighted by atomic mass is 16.5. The molecule has 0 aliphatic rings. The molecule has 0 aliphatic heterocycles. The van der Waals surface area contributed by atoms with Crippen LogP contribution in [0, 0.1) is 0 Å². The quantitative estimate of drug-likeness (QED) is 0.732. The molecule has 0 radical (unpaired) electrons. The third-order valence-electron chi connectivity index (χ3n) is 3.08. The summed E-state index contributed by atoms with van der Waals surface area (Å²) in [6.07, 6.45) is 3.78. The molecular weight excluding hydrogens is 216 g/mol. The second kappa shape index (κ2) is 7.42. The second-order valence-corrected chi connectivity index (χ2v) is 3.98. The van der Waals surface area contributed by atoms with E-state index in [9.17, 15) is 0 Å². The number of aryl methyl sites for hydroxylation is 1. The summed E-state index contributed by atoms with van der Waals surface area (Å²) in [5, 5.41) is 0. The van der Waals surface area contributed by atoms with Crippen LogP contribution in [-0.4, -0.2) is 47.8 Å². The van der Waals surface area contributed by atoms with Crippen LogP contribution in [0.2, 0.25) is 0 Å². The molecule has 98 valence electrons. The van der Waals surface area contributed by atoms with E-state index in [1.165, 1.54) is 5.69 Å². The van der Waals surface area contributed by atoms with Crippen LogP contribution >= 0.6 is 0 Å². The molecule has 1 atom stereocenters. The summed E-state index contributed by atoms with van der Waals surface area (Å²) in [5.41, 5.74) is 7.10. The van der Waals surface area contributed by atoms with E-state index >= 15 is 0 Å². The Hall–Kier alpha value is -0.910. The molecule has 0 bridgehead atoms. The fourth-order valence-corrected chi connectivity index (χ4v) is 2.07. The van der Waals surface area contributed by atoms with Crippen LogP contribution in [0.5, 0.6) is 0 Å². The molecule has 0 saturated carbocycles. The summed E-state index contributed by atoms with van der Waals surface area (Å²) < 4.78 is 7.28. The van der Waals surface area contributed by atoms with Gasteiger partial charge in [-0.2, -0.15) is 0 Å². The van der Waals surface area contributed by atoms with Crippen molar-refractivity contribution in [1.29, 1.82) is 0 Å². The van der Waals surface area contributed by atoms with Crippen molar-refractivity contribution >= 4 is 0 Å². The van der Waals surface area contributed by atoms with Crippen LogP contribution in [0.1, 0.15) is 25.6 Å². The van der Waals surface area contributed by atoms with Gasteiger partial charge >= 0.3 is 0 Å². The number of imidazole rings is 1. The Kier molecular flexibility index (Phi) is 6.18.